The number of hydrogen-bond donors (Lipinski definition) is 2. The van der Waals surface area contributed by atoms with Crippen LogP contribution in [0.25, 0.3) is 0 Å². The molecular formula is C19H16N4O6. The molecule has 29 heavy (non-hydrogen) atoms. The zero-order chi connectivity index (χ0) is 20.7. The van der Waals surface area contributed by atoms with Gasteiger partial charge in [0.05, 0.1) is 11.1 Å². The van der Waals surface area contributed by atoms with Gasteiger partial charge in [0.15, 0.2) is 5.69 Å². The van der Waals surface area contributed by atoms with Crippen molar-refractivity contribution in [1.29, 1.82) is 0 Å². The summed E-state index contributed by atoms with van der Waals surface area (Å²) in [5.74, 6) is -2.51. The van der Waals surface area contributed by atoms with Crippen LogP contribution in [0.1, 0.15) is 55.4 Å². The van der Waals surface area contributed by atoms with Crippen molar-refractivity contribution in [2.45, 2.75) is 32.4 Å². The van der Waals surface area contributed by atoms with Gasteiger partial charge in [0, 0.05) is 19.0 Å². The largest absolute Gasteiger partial charge is 0.361 e. The molecule has 1 aromatic carbocycles. The highest BCUT2D eigenvalue weighted by atomic mass is 16.5. The third kappa shape index (κ3) is 3.28. The molecule has 148 valence electrons. The van der Waals surface area contributed by atoms with Gasteiger partial charge in [-0.3, -0.25) is 34.6 Å². The van der Waals surface area contributed by atoms with E-state index in [1.807, 2.05) is 0 Å². The number of nitrogens with zero attached hydrogens (tertiary/aromatic N) is 2. The van der Waals surface area contributed by atoms with Gasteiger partial charge in [-0.05, 0) is 25.0 Å². The maximum absolute atomic E-state index is 13.0. The summed E-state index contributed by atoms with van der Waals surface area (Å²) in [6, 6.07) is 5.30. The second-order valence-corrected chi connectivity index (χ2v) is 6.85. The lowest BCUT2D eigenvalue weighted by Gasteiger charge is -2.29. The monoisotopic (exact) mass is 396 g/mol. The summed E-state index contributed by atoms with van der Waals surface area (Å²) in [4.78, 5) is 62.6. The molecule has 1 aromatic heterocycles. The summed E-state index contributed by atoms with van der Waals surface area (Å²) in [5, 5.41) is 7.97. The Labute approximate surface area is 164 Å². The fourth-order valence-electron chi connectivity index (χ4n) is 3.51. The van der Waals surface area contributed by atoms with Crippen LogP contribution >= 0.6 is 0 Å². The Morgan fingerprint density at radius 3 is 2.72 bits per heavy atom. The summed E-state index contributed by atoms with van der Waals surface area (Å²) in [6.07, 6.45) is 0.353. The van der Waals surface area contributed by atoms with Crippen molar-refractivity contribution in [3.63, 3.8) is 0 Å². The molecule has 4 rings (SSSR count). The van der Waals surface area contributed by atoms with Crippen molar-refractivity contribution in [2.24, 2.45) is 0 Å². The average Bonchev–Trinajstić information content (AvgIpc) is 3.25. The topological polar surface area (TPSA) is 139 Å². The fraction of sp³-hybridized carbons (Fsp3) is 0.263. The molecule has 0 aliphatic carbocycles. The van der Waals surface area contributed by atoms with E-state index in [9.17, 15) is 24.0 Å². The minimum Gasteiger partial charge on any atom is -0.361 e. The van der Waals surface area contributed by atoms with Gasteiger partial charge >= 0.3 is 0 Å². The van der Waals surface area contributed by atoms with E-state index in [1.54, 1.807) is 19.1 Å². The molecule has 1 atom stereocenters. The molecule has 10 nitrogen and oxygen atoms in total. The van der Waals surface area contributed by atoms with Crippen molar-refractivity contribution in [3.05, 3.63) is 52.4 Å². The summed E-state index contributed by atoms with van der Waals surface area (Å²) < 4.78 is 4.82. The predicted molar refractivity (Wildman–Crippen MR) is 95.5 cm³/mol. The van der Waals surface area contributed by atoms with E-state index in [2.05, 4.69) is 15.8 Å². The lowest BCUT2D eigenvalue weighted by molar-refractivity contribution is -0.136. The molecule has 1 fully saturated rings. The second-order valence-electron chi connectivity index (χ2n) is 6.85. The Morgan fingerprint density at radius 2 is 2.03 bits per heavy atom. The third-order valence-electron chi connectivity index (χ3n) is 4.88. The molecule has 2 aliphatic heterocycles. The minimum atomic E-state index is -0.789. The van der Waals surface area contributed by atoms with Gasteiger partial charge in [-0.25, -0.2) is 0 Å². The van der Waals surface area contributed by atoms with E-state index >= 15 is 0 Å². The molecule has 2 aromatic rings. The summed E-state index contributed by atoms with van der Waals surface area (Å²) in [5.41, 5.74) is 0.673. The number of fused-ring (bicyclic) bond motifs is 1. The van der Waals surface area contributed by atoms with Crippen LogP contribution in [0.5, 0.6) is 0 Å². The smallest absolute Gasteiger partial charge is 0.280 e. The average molecular weight is 396 g/mol. The Bertz CT molecular complexity index is 1070. The van der Waals surface area contributed by atoms with Crippen LogP contribution in [-0.2, 0) is 16.1 Å². The first-order valence-corrected chi connectivity index (χ1v) is 8.90. The molecule has 5 amide bonds. The lowest BCUT2D eigenvalue weighted by Crippen LogP contribution is -2.52. The number of aromatic nitrogens is 1. The molecule has 2 N–H and O–H groups in total. The van der Waals surface area contributed by atoms with Crippen molar-refractivity contribution < 1.29 is 28.5 Å². The molecule has 0 bridgehead atoms. The molecule has 1 saturated heterocycles. The number of carbonyl (C=O) groups is 5. The van der Waals surface area contributed by atoms with Crippen LogP contribution < -0.4 is 10.6 Å². The zero-order valence-electron chi connectivity index (χ0n) is 15.4. The van der Waals surface area contributed by atoms with Gasteiger partial charge in [-0.1, -0.05) is 17.3 Å². The maximum atomic E-state index is 13.0. The molecular weight excluding hydrogens is 380 g/mol. The SMILES string of the molecule is Cc1cc(C(=O)NC(=O)c2cccc3c2C(=O)N(C2CCC(=O)NC2=O)C3)no1. The number of benzene rings is 1. The third-order valence-corrected chi connectivity index (χ3v) is 4.88. The molecule has 0 saturated carbocycles. The molecule has 3 heterocycles. The van der Waals surface area contributed by atoms with E-state index in [-0.39, 0.29) is 42.1 Å². The fourth-order valence-corrected chi connectivity index (χ4v) is 3.51. The minimum absolute atomic E-state index is 0.0239. The number of nitrogens with one attached hydrogen (secondary N) is 2. The molecule has 0 radical (unpaired) electrons. The van der Waals surface area contributed by atoms with Gasteiger partial charge in [0.25, 0.3) is 17.7 Å². The number of amides is 5. The highest BCUT2D eigenvalue weighted by molar-refractivity contribution is 6.16. The maximum Gasteiger partial charge on any atom is 0.280 e. The molecule has 2 aliphatic rings. The first-order chi connectivity index (χ1) is 13.8. The number of imide groups is 2. The summed E-state index contributed by atoms with van der Waals surface area (Å²) >= 11 is 0. The Balaban J connectivity index is 1.57. The number of aryl methyl sites for hydroxylation is 1. The van der Waals surface area contributed by atoms with E-state index < -0.39 is 29.7 Å². The Morgan fingerprint density at radius 1 is 1.24 bits per heavy atom. The van der Waals surface area contributed by atoms with E-state index in [1.165, 1.54) is 17.0 Å². The zero-order valence-corrected chi connectivity index (χ0v) is 15.4. The van der Waals surface area contributed by atoms with Gasteiger partial charge < -0.3 is 9.42 Å². The normalized spacial score (nSPS) is 18.4. The summed E-state index contributed by atoms with van der Waals surface area (Å²) in [7, 11) is 0. The quantitative estimate of drug-likeness (QED) is 0.712. The van der Waals surface area contributed by atoms with Crippen LogP contribution in [0, 0.1) is 6.92 Å². The second kappa shape index (κ2) is 6.97. The summed E-state index contributed by atoms with van der Waals surface area (Å²) in [6.45, 7) is 1.75. The van der Waals surface area contributed by atoms with Crippen LogP contribution in [-0.4, -0.2) is 45.6 Å². The Kier molecular flexibility index (Phi) is 4.45. The van der Waals surface area contributed by atoms with Crippen LogP contribution in [0.15, 0.2) is 28.8 Å². The molecule has 1 unspecified atom stereocenters. The number of rotatable bonds is 3. The highest BCUT2D eigenvalue weighted by Gasteiger charge is 2.40. The van der Waals surface area contributed by atoms with Crippen molar-refractivity contribution in [3.8, 4) is 0 Å². The highest BCUT2D eigenvalue weighted by Crippen LogP contribution is 2.29. The van der Waals surface area contributed by atoms with Crippen LogP contribution in [0.2, 0.25) is 0 Å². The van der Waals surface area contributed by atoms with Gasteiger partial charge in [-0.15, -0.1) is 0 Å². The number of hydrogen-bond acceptors (Lipinski definition) is 7. The number of piperidine rings is 1. The van der Waals surface area contributed by atoms with E-state index in [4.69, 9.17) is 4.52 Å². The predicted octanol–water partition coefficient (Wildman–Crippen LogP) is 0.314. The molecule has 10 heteroatoms. The number of carbonyl (C=O) groups excluding carboxylic acids is 5. The lowest BCUT2D eigenvalue weighted by atomic mass is 10.0. The van der Waals surface area contributed by atoms with Crippen molar-refractivity contribution in [1.82, 2.24) is 20.7 Å². The van der Waals surface area contributed by atoms with Gasteiger partial charge in [0.2, 0.25) is 11.8 Å². The van der Waals surface area contributed by atoms with Crippen molar-refractivity contribution in [2.75, 3.05) is 0 Å². The van der Waals surface area contributed by atoms with E-state index in [0.29, 0.717) is 11.3 Å². The van der Waals surface area contributed by atoms with Crippen LogP contribution in [0.3, 0.4) is 0 Å². The van der Waals surface area contributed by atoms with Gasteiger partial charge in [-0.2, -0.15) is 0 Å². The van der Waals surface area contributed by atoms with E-state index in [0.717, 1.165) is 0 Å². The molecule has 0 spiro atoms. The standard InChI is InChI=1S/C19H16N4O6/c1-9-7-12(22-29-9)17(26)21-16(25)11-4-2-3-10-8-23(19(28)15(10)11)13-5-6-14(24)20-18(13)27/h2-4,7,13H,5-6,8H2,1H3,(H,20,24,27)(H,21,25,26). The van der Waals surface area contributed by atoms with Crippen molar-refractivity contribution >= 4 is 29.5 Å². The first-order valence-electron chi connectivity index (χ1n) is 8.90. The van der Waals surface area contributed by atoms with Crippen LogP contribution in [0.4, 0.5) is 0 Å². The first kappa shape index (κ1) is 18.5. The van der Waals surface area contributed by atoms with Gasteiger partial charge in [0.1, 0.15) is 11.8 Å². The Hall–Kier alpha value is -3.82.